The second-order valence-electron chi connectivity index (χ2n) is 7.16. The summed E-state index contributed by atoms with van der Waals surface area (Å²) in [6.07, 6.45) is -0.183. The number of hydrogen-bond acceptors (Lipinski definition) is 3. The number of para-hydroxylation sites is 1. The molecule has 2 N–H and O–H groups in total. The molecule has 0 saturated carbocycles. The number of hydrogen-bond donors (Lipinski definition) is 2. The fourth-order valence-corrected chi connectivity index (χ4v) is 3.12. The molecule has 0 bridgehead atoms. The van der Waals surface area contributed by atoms with E-state index in [4.69, 9.17) is 4.74 Å². The highest BCUT2D eigenvalue weighted by Gasteiger charge is 2.21. The number of carbonyl (C=O) groups is 2. The van der Waals surface area contributed by atoms with Crippen LogP contribution in [0.2, 0.25) is 0 Å². The van der Waals surface area contributed by atoms with Crippen molar-refractivity contribution in [3.8, 4) is 5.75 Å². The van der Waals surface area contributed by atoms with Crippen LogP contribution in [0.4, 0.5) is 5.69 Å². The molecule has 0 spiro atoms. The number of anilines is 1. The zero-order chi connectivity index (χ0) is 20.8. The van der Waals surface area contributed by atoms with Crippen LogP contribution in [0.15, 0.2) is 66.7 Å². The molecule has 0 aliphatic heterocycles. The summed E-state index contributed by atoms with van der Waals surface area (Å²) >= 11 is 0. The van der Waals surface area contributed by atoms with Crippen molar-refractivity contribution >= 4 is 28.3 Å². The summed E-state index contributed by atoms with van der Waals surface area (Å²) in [5, 5.41) is 7.72. The number of benzene rings is 3. The van der Waals surface area contributed by atoms with Crippen molar-refractivity contribution in [2.75, 3.05) is 5.32 Å². The minimum Gasteiger partial charge on any atom is -0.480 e. The second kappa shape index (κ2) is 9.24. The fourth-order valence-electron chi connectivity index (χ4n) is 3.12. The smallest absolute Gasteiger partial charge is 0.265 e. The number of amides is 2. The molecule has 0 radical (unpaired) electrons. The predicted molar refractivity (Wildman–Crippen MR) is 116 cm³/mol. The van der Waals surface area contributed by atoms with Gasteiger partial charge in [0.15, 0.2) is 6.10 Å². The lowest BCUT2D eigenvalue weighted by atomic mass is 10.1. The fraction of sp³-hybridized carbons (Fsp3) is 0.250. The highest BCUT2D eigenvalue weighted by atomic mass is 16.5. The number of fused-ring (bicyclic) bond motifs is 1. The summed E-state index contributed by atoms with van der Waals surface area (Å²) in [6.45, 7) is 5.68. The first-order chi connectivity index (χ1) is 14.0. The highest BCUT2D eigenvalue weighted by molar-refractivity contribution is 6.04. The summed E-state index contributed by atoms with van der Waals surface area (Å²) in [7, 11) is 0. The Balaban J connectivity index is 1.80. The van der Waals surface area contributed by atoms with Gasteiger partial charge >= 0.3 is 0 Å². The summed E-state index contributed by atoms with van der Waals surface area (Å²) in [5.41, 5.74) is 0.894. The van der Waals surface area contributed by atoms with E-state index in [2.05, 4.69) is 10.6 Å². The standard InChI is InChI=1S/C24H26N2O3/c1-4-21(29-22-15-9-11-17-10-5-6-12-18(17)22)24(28)26-20-14-8-7-13-19(20)23(27)25-16(2)3/h5-16,21H,4H2,1-3H3,(H,25,27)(H,26,28)/t21-/m1/s1. The van der Waals surface area contributed by atoms with Crippen molar-refractivity contribution in [3.63, 3.8) is 0 Å². The number of rotatable bonds is 7. The van der Waals surface area contributed by atoms with Gasteiger partial charge in [0.25, 0.3) is 11.8 Å². The largest absolute Gasteiger partial charge is 0.480 e. The van der Waals surface area contributed by atoms with Crippen molar-refractivity contribution in [2.45, 2.75) is 39.3 Å². The number of carbonyl (C=O) groups excluding carboxylic acids is 2. The Hall–Kier alpha value is -3.34. The molecule has 0 heterocycles. The molecule has 150 valence electrons. The maximum absolute atomic E-state index is 12.9. The third kappa shape index (κ3) is 4.93. The molecule has 3 rings (SSSR count). The minimum atomic E-state index is -0.679. The zero-order valence-electron chi connectivity index (χ0n) is 16.9. The van der Waals surface area contributed by atoms with Crippen LogP contribution in [0.5, 0.6) is 5.75 Å². The molecule has 29 heavy (non-hydrogen) atoms. The van der Waals surface area contributed by atoms with E-state index in [0.29, 0.717) is 23.4 Å². The SMILES string of the molecule is CC[C@@H](Oc1cccc2ccccc12)C(=O)Nc1ccccc1C(=O)NC(C)C. The van der Waals surface area contributed by atoms with Gasteiger partial charge in [0.1, 0.15) is 5.75 Å². The lowest BCUT2D eigenvalue weighted by Gasteiger charge is -2.20. The van der Waals surface area contributed by atoms with Crippen molar-refractivity contribution in [1.82, 2.24) is 5.32 Å². The van der Waals surface area contributed by atoms with Gasteiger partial charge in [-0.05, 0) is 43.9 Å². The van der Waals surface area contributed by atoms with Crippen LogP contribution in [0.25, 0.3) is 10.8 Å². The molecular weight excluding hydrogens is 364 g/mol. The number of ether oxygens (including phenoxy) is 1. The second-order valence-corrected chi connectivity index (χ2v) is 7.16. The first-order valence-electron chi connectivity index (χ1n) is 9.84. The molecule has 3 aromatic rings. The van der Waals surface area contributed by atoms with E-state index in [1.807, 2.05) is 63.2 Å². The molecular formula is C24H26N2O3. The first kappa shape index (κ1) is 20.4. The van der Waals surface area contributed by atoms with Gasteiger partial charge in [0.2, 0.25) is 0 Å². The number of nitrogens with one attached hydrogen (secondary N) is 2. The van der Waals surface area contributed by atoms with Gasteiger partial charge < -0.3 is 15.4 Å². The van der Waals surface area contributed by atoms with Gasteiger partial charge in [-0.15, -0.1) is 0 Å². The van der Waals surface area contributed by atoms with Gasteiger partial charge in [0.05, 0.1) is 11.3 Å². The average molecular weight is 390 g/mol. The van der Waals surface area contributed by atoms with Gasteiger partial charge in [-0.25, -0.2) is 0 Å². The van der Waals surface area contributed by atoms with Crippen molar-refractivity contribution < 1.29 is 14.3 Å². The van der Waals surface area contributed by atoms with Gasteiger partial charge in [-0.1, -0.05) is 55.5 Å². The summed E-state index contributed by atoms with van der Waals surface area (Å²) < 4.78 is 6.06. The van der Waals surface area contributed by atoms with Crippen LogP contribution < -0.4 is 15.4 Å². The molecule has 1 atom stereocenters. The molecule has 0 aromatic heterocycles. The molecule has 3 aromatic carbocycles. The van der Waals surface area contributed by atoms with Gasteiger partial charge in [0, 0.05) is 11.4 Å². The van der Waals surface area contributed by atoms with E-state index in [9.17, 15) is 9.59 Å². The monoisotopic (exact) mass is 390 g/mol. The van der Waals surface area contributed by atoms with Crippen LogP contribution in [0.3, 0.4) is 0 Å². The van der Waals surface area contributed by atoms with Gasteiger partial charge in [-0.3, -0.25) is 9.59 Å². The van der Waals surface area contributed by atoms with E-state index in [1.165, 1.54) is 0 Å². The lowest BCUT2D eigenvalue weighted by molar-refractivity contribution is -0.122. The average Bonchev–Trinajstić information content (AvgIpc) is 2.71. The molecule has 0 saturated heterocycles. The lowest BCUT2D eigenvalue weighted by Crippen LogP contribution is -2.34. The molecule has 2 amide bonds. The van der Waals surface area contributed by atoms with E-state index in [-0.39, 0.29) is 17.9 Å². The Morgan fingerprint density at radius 3 is 2.38 bits per heavy atom. The van der Waals surface area contributed by atoms with E-state index in [0.717, 1.165) is 10.8 Å². The Kier molecular flexibility index (Phi) is 6.50. The molecule has 5 heteroatoms. The Labute approximate surface area is 171 Å². The van der Waals surface area contributed by atoms with Crippen LogP contribution in [-0.4, -0.2) is 24.0 Å². The topological polar surface area (TPSA) is 67.4 Å². The third-order valence-corrected chi connectivity index (χ3v) is 4.53. The zero-order valence-corrected chi connectivity index (χ0v) is 16.9. The Morgan fingerprint density at radius 1 is 0.931 bits per heavy atom. The Morgan fingerprint density at radius 2 is 1.62 bits per heavy atom. The van der Waals surface area contributed by atoms with Crippen molar-refractivity contribution in [2.24, 2.45) is 0 Å². The van der Waals surface area contributed by atoms with Crippen LogP contribution in [0, 0.1) is 0 Å². The van der Waals surface area contributed by atoms with E-state index < -0.39 is 6.10 Å². The Bertz CT molecular complexity index is 1010. The molecule has 0 fully saturated rings. The van der Waals surface area contributed by atoms with E-state index in [1.54, 1.807) is 24.3 Å². The molecule has 5 nitrogen and oxygen atoms in total. The summed E-state index contributed by atoms with van der Waals surface area (Å²) in [5.74, 6) is 0.153. The third-order valence-electron chi connectivity index (χ3n) is 4.53. The van der Waals surface area contributed by atoms with E-state index >= 15 is 0 Å². The maximum atomic E-state index is 12.9. The summed E-state index contributed by atoms with van der Waals surface area (Å²) in [6, 6.07) is 20.6. The maximum Gasteiger partial charge on any atom is 0.265 e. The molecule has 0 aliphatic rings. The normalized spacial score (nSPS) is 11.9. The van der Waals surface area contributed by atoms with Crippen LogP contribution in [0.1, 0.15) is 37.6 Å². The summed E-state index contributed by atoms with van der Waals surface area (Å²) in [4.78, 5) is 25.4. The van der Waals surface area contributed by atoms with Crippen molar-refractivity contribution in [3.05, 3.63) is 72.3 Å². The molecule has 0 unspecified atom stereocenters. The van der Waals surface area contributed by atoms with Crippen LogP contribution >= 0.6 is 0 Å². The highest BCUT2D eigenvalue weighted by Crippen LogP contribution is 2.27. The van der Waals surface area contributed by atoms with Crippen molar-refractivity contribution in [1.29, 1.82) is 0 Å². The predicted octanol–water partition coefficient (Wildman–Crippen LogP) is 4.77. The van der Waals surface area contributed by atoms with Gasteiger partial charge in [-0.2, -0.15) is 0 Å². The first-order valence-corrected chi connectivity index (χ1v) is 9.84. The van der Waals surface area contributed by atoms with Crippen LogP contribution in [-0.2, 0) is 4.79 Å². The minimum absolute atomic E-state index is 0.00402. The molecule has 0 aliphatic carbocycles. The quantitative estimate of drug-likeness (QED) is 0.610.